The number of carbonyl (C=O) groups is 1. The fraction of sp³-hybridized carbons (Fsp3) is 0.150. The molecule has 0 aliphatic rings. The summed E-state index contributed by atoms with van der Waals surface area (Å²) in [6.07, 6.45) is 2.31. The molecular formula is C20H18Cl2N4O3. The first-order valence-corrected chi connectivity index (χ1v) is 9.36. The molecule has 9 heteroatoms. The third-order valence-corrected chi connectivity index (χ3v) is 4.52. The molecule has 7 nitrogen and oxygen atoms in total. The Morgan fingerprint density at radius 3 is 2.69 bits per heavy atom. The zero-order chi connectivity index (χ0) is 20.8. The molecule has 0 bridgehead atoms. The summed E-state index contributed by atoms with van der Waals surface area (Å²) in [5.74, 6) is 0.687. The molecule has 1 aromatic heterocycles. The Bertz CT molecular complexity index is 1020. The van der Waals surface area contributed by atoms with E-state index in [4.69, 9.17) is 32.7 Å². The van der Waals surface area contributed by atoms with Gasteiger partial charge in [0, 0.05) is 16.1 Å². The van der Waals surface area contributed by atoms with Gasteiger partial charge in [-0.1, -0.05) is 23.2 Å². The van der Waals surface area contributed by atoms with Crippen LogP contribution in [0.5, 0.6) is 11.5 Å². The van der Waals surface area contributed by atoms with Gasteiger partial charge in [0.25, 0.3) is 5.91 Å². The second kappa shape index (κ2) is 9.45. The van der Waals surface area contributed by atoms with E-state index >= 15 is 0 Å². The van der Waals surface area contributed by atoms with Gasteiger partial charge >= 0.3 is 0 Å². The number of nitrogens with one attached hydrogen (secondary N) is 2. The molecule has 0 spiro atoms. The van der Waals surface area contributed by atoms with Gasteiger partial charge in [0.15, 0.2) is 6.10 Å². The molecule has 3 rings (SSSR count). The first kappa shape index (κ1) is 20.7. The normalized spacial score (nSPS) is 12.0. The van der Waals surface area contributed by atoms with Gasteiger partial charge in [0.05, 0.1) is 30.2 Å². The van der Waals surface area contributed by atoms with Crippen molar-refractivity contribution in [2.45, 2.75) is 13.0 Å². The number of aromatic amines is 1. The second-order valence-corrected chi connectivity index (χ2v) is 6.84. The number of H-pyrrole nitrogens is 1. The van der Waals surface area contributed by atoms with Crippen LogP contribution in [-0.2, 0) is 4.79 Å². The van der Waals surface area contributed by atoms with E-state index in [1.54, 1.807) is 38.4 Å². The maximum atomic E-state index is 12.2. The second-order valence-electron chi connectivity index (χ2n) is 6.00. The predicted octanol–water partition coefficient (Wildman–Crippen LogP) is 4.31. The Labute approximate surface area is 177 Å². The molecule has 0 aliphatic carbocycles. The quantitative estimate of drug-likeness (QED) is 0.429. The molecule has 0 radical (unpaired) electrons. The van der Waals surface area contributed by atoms with E-state index < -0.39 is 12.0 Å². The van der Waals surface area contributed by atoms with Crippen LogP contribution in [0.2, 0.25) is 10.0 Å². The number of halogens is 2. The topological polar surface area (TPSA) is 88.6 Å². The van der Waals surface area contributed by atoms with Crippen molar-refractivity contribution in [3.05, 3.63) is 64.3 Å². The van der Waals surface area contributed by atoms with Crippen molar-refractivity contribution in [3.8, 4) is 22.8 Å². The Balaban J connectivity index is 1.62. The van der Waals surface area contributed by atoms with Crippen molar-refractivity contribution in [2.75, 3.05) is 7.11 Å². The van der Waals surface area contributed by atoms with Gasteiger partial charge in [0.2, 0.25) is 0 Å². The largest absolute Gasteiger partial charge is 0.497 e. The summed E-state index contributed by atoms with van der Waals surface area (Å²) in [5, 5.41) is 11.8. The number of nitrogens with zero attached hydrogens (tertiary/aromatic N) is 2. The molecule has 1 atom stereocenters. The summed E-state index contributed by atoms with van der Waals surface area (Å²) >= 11 is 11.9. The highest BCUT2D eigenvalue weighted by atomic mass is 35.5. The van der Waals surface area contributed by atoms with Crippen molar-refractivity contribution in [1.82, 2.24) is 15.6 Å². The lowest BCUT2D eigenvalue weighted by molar-refractivity contribution is -0.127. The number of amides is 1. The van der Waals surface area contributed by atoms with Gasteiger partial charge in [-0.2, -0.15) is 10.2 Å². The third kappa shape index (κ3) is 5.28. The van der Waals surface area contributed by atoms with Crippen molar-refractivity contribution in [2.24, 2.45) is 5.10 Å². The van der Waals surface area contributed by atoms with E-state index in [9.17, 15) is 4.79 Å². The lowest BCUT2D eigenvalue weighted by Gasteiger charge is -2.14. The number of hydrogen-bond donors (Lipinski definition) is 2. The van der Waals surface area contributed by atoms with Crippen LogP contribution in [0.3, 0.4) is 0 Å². The zero-order valence-electron chi connectivity index (χ0n) is 15.6. The molecule has 0 saturated heterocycles. The van der Waals surface area contributed by atoms with Crippen LogP contribution in [0.4, 0.5) is 0 Å². The number of carbonyl (C=O) groups excluding carboxylic acids is 1. The van der Waals surface area contributed by atoms with Crippen LogP contribution >= 0.6 is 23.2 Å². The molecular weight excluding hydrogens is 415 g/mol. The first-order valence-electron chi connectivity index (χ1n) is 8.60. The van der Waals surface area contributed by atoms with Crippen LogP contribution in [-0.4, -0.2) is 35.5 Å². The van der Waals surface area contributed by atoms with Gasteiger partial charge in [-0.05, 0) is 49.4 Å². The maximum absolute atomic E-state index is 12.2. The Morgan fingerprint density at radius 1 is 1.24 bits per heavy atom. The lowest BCUT2D eigenvalue weighted by atomic mass is 10.1. The van der Waals surface area contributed by atoms with Crippen molar-refractivity contribution in [3.63, 3.8) is 0 Å². The average Bonchev–Trinajstić information content (AvgIpc) is 3.18. The number of benzene rings is 2. The number of ether oxygens (including phenoxy) is 2. The lowest BCUT2D eigenvalue weighted by Crippen LogP contribution is -2.33. The molecule has 3 aromatic rings. The number of hydrazone groups is 1. The minimum absolute atomic E-state index is 0.322. The van der Waals surface area contributed by atoms with E-state index in [0.29, 0.717) is 21.4 Å². The smallest absolute Gasteiger partial charge is 0.280 e. The highest BCUT2D eigenvalue weighted by molar-refractivity contribution is 6.35. The SMILES string of the molecule is COc1ccc(-c2[nH]ncc2/C=N/NC(=O)C(C)Oc2ccc(Cl)cc2Cl)cc1. The number of aromatic nitrogens is 2. The Kier molecular flexibility index (Phi) is 6.74. The molecule has 2 N–H and O–H groups in total. The minimum atomic E-state index is -0.809. The standard InChI is InChI=1S/C20H18Cl2N4O3/c1-12(29-18-8-5-15(21)9-17(18)22)20(27)26-24-11-14-10-23-25-19(14)13-3-6-16(28-2)7-4-13/h3-12H,1-2H3,(H,23,25)(H,26,27)/b24-11+. The number of hydrogen-bond acceptors (Lipinski definition) is 5. The van der Waals surface area contributed by atoms with Crippen LogP contribution in [0, 0.1) is 0 Å². The van der Waals surface area contributed by atoms with Crippen molar-refractivity contribution < 1.29 is 14.3 Å². The molecule has 2 aromatic carbocycles. The fourth-order valence-electron chi connectivity index (χ4n) is 2.45. The predicted molar refractivity (Wildman–Crippen MR) is 113 cm³/mol. The number of methoxy groups -OCH3 is 1. The van der Waals surface area contributed by atoms with E-state index in [1.165, 1.54) is 6.21 Å². The molecule has 1 heterocycles. The Morgan fingerprint density at radius 2 is 2.00 bits per heavy atom. The Hall–Kier alpha value is -3.03. The summed E-state index contributed by atoms with van der Waals surface area (Å²) in [5.41, 5.74) is 4.83. The van der Waals surface area contributed by atoms with Crippen LogP contribution in [0.25, 0.3) is 11.3 Å². The molecule has 150 valence electrons. The zero-order valence-corrected chi connectivity index (χ0v) is 17.2. The van der Waals surface area contributed by atoms with Gasteiger partial charge in [-0.25, -0.2) is 5.43 Å². The summed E-state index contributed by atoms with van der Waals surface area (Å²) in [6, 6.07) is 12.3. The molecule has 29 heavy (non-hydrogen) atoms. The molecule has 0 saturated carbocycles. The highest BCUT2D eigenvalue weighted by Crippen LogP contribution is 2.28. The van der Waals surface area contributed by atoms with Gasteiger partial charge < -0.3 is 9.47 Å². The van der Waals surface area contributed by atoms with Gasteiger partial charge in [0.1, 0.15) is 11.5 Å². The molecule has 1 unspecified atom stereocenters. The highest BCUT2D eigenvalue weighted by Gasteiger charge is 2.16. The monoisotopic (exact) mass is 432 g/mol. The van der Waals surface area contributed by atoms with Crippen molar-refractivity contribution in [1.29, 1.82) is 0 Å². The molecule has 1 amide bonds. The van der Waals surface area contributed by atoms with Crippen LogP contribution in [0.1, 0.15) is 12.5 Å². The summed E-state index contributed by atoms with van der Waals surface area (Å²) in [4.78, 5) is 12.2. The van der Waals surface area contributed by atoms with Gasteiger partial charge in [-0.15, -0.1) is 0 Å². The minimum Gasteiger partial charge on any atom is -0.497 e. The van der Waals surface area contributed by atoms with E-state index in [-0.39, 0.29) is 0 Å². The maximum Gasteiger partial charge on any atom is 0.280 e. The van der Waals surface area contributed by atoms with E-state index in [1.807, 2.05) is 24.3 Å². The first-order chi connectivity index (χ1) is 14.0. The third-order valence-electron chi connectivity index (χ3n) is 3.99. The van der Waals surface area contributed by atoms with E-state index in [0.717, 1.165) is 17.0 Å². The van der Waals surface area contributed by atoms with Gasteiger partial charge in [-0.3, -0.25) is 9.89 Å². The van der Waals surface area contributed by atoms with Crippen LogP contribution in [0.15, 0.2) is 53.8 Å². The summed E-state index contributed by atoms with van der Waals surface area (Å²) in [7, 11) is 1.61. The van der Waals surface area contributed by atoms with Crippen LogP contribution < -0.4 is 14.9 Å². The summed E-state index contributed by atoms with van der Waals surface area (Å²) in [6.45, 7) is 1.59. The van der Waals surface area contributed by atoms with Crippen molar-refractivity contribution >= 4 is 35.3 Å². The summed E-state index contributed by atoms with van der Waals surface area (Å²) < 4.78 is 10.7. The fourth-order valence-corrected chi connectivity index (χ4v) is 2.91. The molecule has 0 aliphatic heterocycles. The average molecular weight is 433 g/mol. The van der Waals surface area contributed by atoms with E-state index in [2.05, 4.69) is 20.7 Å². The number of rotatable bonds is 7. The molecule has 0 fully saturated rings.